The molecule has 2 N–H and O–H groups in total. The summed E-state index contributed by atoms with van der Waals surface area (Å²) in [6.45, 7) is 5.38. The van der Waals surface area contributed by atoms with Crippen molar-refractivity contribution in [3.63, 3.8) is 0 Å². The lowest BCUT2D eigenvalue weighted by Gasteiger charge is -2.15. The molecule has 0 bridgehead atoms. The van der Waals surface area contributed by atoms with Crippen molar-refractivity contribution in [1.29, 1.82) is 0 Å². The first-order valence-electron chi connectivity index (χ1n) is 8.78. The fraction of sp³-hybridized carbons (Fsp3) is 0.238. The topological polar surface area (TPSA) is 59.1 Å². The predicted molar refractivity (Wildman–Crippen MR) is 106 cm³/mol. The van der Waals surface area contributed by atoms with Gasteiger partial charge in [-0.15, -0.1) is 0 Å². The average Bonchev–Trinajstić information content (AvgIpc) is 2.67. The zero-order valence-corrected chi connectivity index (χ0v) is 15.1. The van der Waals surface area contributed by atoms with Crippen LogP contribution in [0.5, 0.6) is 5.75 Å². The molecule has 0 aliphatic carbocycles. The number of para-hydroxylation sites is 1. The Hall–Kier alpha value is -3.08. The Morgan fingerprint density at radius 1 is 1.00 bits per heavy atom. The zero-order chi connectivity index (χ0) is 18.2. The minimum atomic E-state index is 0.166. The van der Waals surface area contributed by atoms with Crippen molar-refractivity contribution >= 4 is 11.8 Å². The minimum absolute atomic E-state index is 0.166. The number of anilines is 2. The summed E-state index contributed by atoms with van der Waals surface area (Å²) >= 11 is 0. The van der Waals surface area contributed by atoms with Crippen LogP contribution in [0, 0.1) is 6.92 Å². The van der Waals surface area contributed by atoms with E-state index in [1.54, 1.807) is 6.20 Å². The molecule has 5 heteroatoms. The van der Waals surface area contributed by atoms with E-state index >= 15 is 0 Å². The van der Waals surface area contributed by atoms with Gasteiger partial charge in [-0.2, -0.15) is 4.98 Å². The van der Waals surface area contributed by atoms with Gasteiger partial charge in [-0.05, 0) is 37.6 Å². The molecule has 3 aromatic rings. The first-order chi connectivity index (χ1) is 12.7. The summed E-state index contributed by atoms with van der Waals surface area (Å²) in [5, 5.41) is 6.60. The molecule has 0 aliphatic rings. The van der Waals surface area contributed by atoms with Crippen LogP contribution in [0.3, 0.4) is 0 Å². The van der Waals surface area contributed by atoms with Crippen LogP contribution in [0.2, 0.25) is 0 Å². The van der Waals surface area contributed by atoms with Crippen LogP contribution in [0.1, 0.15) is 24.1 Å². The molecule has 0 radical (unpaired) electrons. The van der Waals surface area contributed by atoms with E-state index in [2.05, 4.69) is 58.7 Å². The number of hydrogen-bond donors (Lipinski definition) is 2. The summed E-state index contributed by atoms with van der Waals surface area (Å²) in [6, 6.07) is 20.3. The van der Waals surface area contributed by atoms with Crippen LogP contribution in [-0.4, -0.2) is 23.1 Å². The van der Waals surface area contributed by atoms with Gasteiger partial charge in [0.25, 0.3) is 0 Å². The Bertz CT molecular complexity index is 806. The summed E-state index contributed by atoms with van der Waals surface area (Å²) < 4.78 is 5.66. The third-order valence-corrected chi connectivity index (χ3v) is 3.99. The van der Waals surface area contributed by atoms with Gasteiger partial charge < -0.3 is 15.4 Å². The second-order valence-electron chi connectivity index (χ2n) is 6.13. The number of nitrogens with zero attached hydrogens (tertiary/aromatic N) is 2. The molecule has 1 atom stereocenters. The van der Waals surface area contributed by atoms with Gasteiger partial charge >= 0.3 is 0 Å². The molecule has 0 aliphatic heterocycles. The van der Waals surface area contributed by atoms with Crippen LogP contribution in [0.15, 0.2) is 66.9 Å². The molecule has 0 amide bonds. The molecule has 134 valence electrons. The molecular formula is C21H24N4O. The van der Waals surface area contributed by atoms with E-state index in [0.29, 0.717) is 19.1 Å². The van der Waals surface area contributed by atoms with E-state index < -0.39 is 0 Å². The highest BCUT2D eigenvalue weighted by molar-refractivity contribution is 5.42. The molecule has 1 aromatic heterocycles. The second kappa shape index (κ2) is 8.85. The van der Waals surface area contributed by atoms with Crippen molar-refractivity contribution in [2.75, 3.05) is 23.8 Å². The molecule has 1 heterocycles. The van der Waals surface area contributed by atoms with Gasteiger partial charge in [0.05, 0.1) is 6.54 Å². The third-order valence-electron chi connectivity index (χ3n) is 3.99. The Morgan fingerprint density at radius 3 is 2.54 bits per heavy atom. The minimum Gasteiger partial charge on any atom is -0.492 e. The molecular weight excluding hydrogens is 324 g/mol. The molecule has 0 saturated carbocycles. The van der Waals surface area contributed by atoms with Crippen LogP contribution >= 0.6 is 0 Å². The monoisotopic (exact) mass is 348 g/mol. The van der Waals surface area contributed by atoms with Gasteiger partial charge in [-0.3, -0.25) is 0 Å². The second-order valence-corrected chi connectivity index (χ2v) is 6.13. The Kier molecular flexibility index (Phi) is 6.04. The first kappa shape index (κ1) is 17.7. The summed E-state index contributed by atoms with van der Waals surface area (Å²) in [6.07, 6.45) is 1.75. The van der Waals surface area contributed by atoms with E-state index in [4.69, 9.17) is 4.74 Å². The smallest absolute Gasteiger partial charge is 0.224 e. The zero-order valence-electron chi connectivity index (χ0n) is 15.1. The highest BCUT2D eigenvalue weighted by Gasteiger charge is 2.06. The number of nitrogens with one attached hydrogen (secondary N) is 2. The lowest BCUT2D eigenvalue weighted by Crippen LogP contribution is -2.14. The van der Waals surface area contributed by atoms with E-state index in [0.717, 1.165) is 11.6 Å². The number of aryl methyl sites for hydroxylation is 1. The van der Waals surface area contributed by atoms with Crippen molar-refractivity contribution in [3.05, 3.63) is 78.0 Å². The highest BCUT2D eigenvalue weighted by Crippen LogP contribution is 2.18. The van der Waals surface area contributed by atoms with Crippen LogP contribution in [-0.2, 0) is 0 Å². The normalized spacial score (nSPS) is 11.6. The number of aromatic nitrogens is 2. The standard InChI is InChI=1S/C21H24N4O/c1-16-8-10-18(11-9-16)17(2)24-20-12-13-22-21(25-20)23-14-15-26-19-6-4-3-5-7-19/h3-13,17H,14-15H2,1-2H3,(H2,22,23,24,25)/t17-/m1/s1. The average molecular weight is 348 g/mol. The maximum atomic E-state index is 5.66. The summed E-state index contributed by atoms with van der Waals surface area (Å²) in [7, 11) is 0. The Balaban J connectivity index is 1.50. The van der Waals surface area contributed by atoms with Crippen molar-refractivity contribution in [2.45, 2.75) is 19.9 Å². The molecule has 0 unspecified atom stereocenters. The van der Waals surface area contributed by atoms with E-state index in [9.17, 15) is 0 Å². The van der Waals surface area contributed by atoms with Crippen molar-refractivity contribution < 1.29 is 4.74 Å². The highest BCUT2D eigenvalue weighted by atomic mass is 16.5. The van der Waals surface area contributed by atoms with Crippen LogP contribution in [0.25, 0.3) is 0 Å². The summed E-state index contributed by atoms with van der Waals surface area (Å²) in [4.78, 5) is 8.77. The van der Waals surface area contributed by atoms with Crippen LogP contribution < -0.4 is 15.4 Å². The lowest BCUT2D eigenvalue weighted by molar-refractivity contribution is 0.332. The largest absolute Gasteiger partial charge is 0.492 e. The quantitative estimate of drug-likeness (QED) is 0.589. The van der Waals surface area contributed by atoms with Gasteiger partial charge in [0.1, 0.15) is 18.2 Å². The SMILES string of the molecule is Cc1ccc([C@@H](C)Nc2ccnc(NCCOc3ccccc3)n2)cc1. The Morgan fingerprint density at radius 2 is 1.77 bits per heavy atom. The molecule has 2 aromatic carbocycles. The van der Waals surface area contributed by atoms with Gasteiger partial charge in [-0.25, -0.2) is 4.98 Å². The van der Waals surface area contributed by atoms with Crippen molar-refractivity contribution in [1.82, 2.24) is 9.97 Å². The molecule has 26 heavy (non-hydrogen) atoms. The number of hydrogen-bond acceptors (Lipinski definition) is 5. The van der Waals surface area contributed by atoms with E-state index in [-0.39, 0.29) is 6.04 Å². The van der Waals surface area contributed by atoms with E-state index in [1.807, 2.05) is 36.4 Å². The molecule has 0 saturated heterocycles. The number of benzene rings is 2. The predicted octanol–water partition coefficient (Wildman–Crippen LogP) is 4.45. The van der Waals surface area contributed by atoms with E-state index in [1.165, 1.54) is 11.1 Å². The number of ether oxygens (including phenoxy) is 1. The molecule has 0 spiro atoms. The van der Waals surface area contributed by atoms with Gasteiger partial charge in [-0.1, -0.05) is 48.0 Å². The molecule has 5 nitrogen and oxygen atoms in total. The molecule has 0 fully saturated rings. The van der Waals surface area contributed by atoms with Gasteiger partial charge in [0.15, 0.2) is 0 Å². The maximum Gasteiger partial charge on any atom is 0.224 e. The summed E-state index contributed by atoms with van der Waals surface area (Å²) in [5.41, 5.74) is 2.48. The van der Waals surface area contributed by atoms with Gasteiger partial charge in [0.2, 0.25) is 5.95 Å². The van der Waals surface area contributed by atoms with Crippen molar-refractivity contribution in [3.8, 4) is 5.75 Å². The van der Waals surface area contributed by atoms with Crippen LogP contribution in [0.4, 0.5) is 11.8 Å². The van der Waals surface area contributed by atoms with Gasteiger partial charge in [0, 0.05) is 12.2 Å². The third kappa shape index (κ3) is 5.21. The fourth-order valence-electron chi connectivity index (χ4n) is 2.53. The number of rotatable bonds is 8. The Labute approximate surface area is 154 Å². The molecule has 3 rings (SSSR count). The van der Waals surface area contributed by atoms with Crippen molar-refractivity contribution in [2.24, 2.45) is 0 Å². The maximum absolute atomic E-state index is 5.66. The summed E-state index contributed by atoms with van der Waals surface area (Å²) in [5.74, 6) is 2.24. The lowest BCUT2D eigenvalue weighted by atomic mass is 10.1. The first-order valence-corrected chi connectivity index (χ1v) is 8.78. The fourth-order valence-corrected chi connectivity index (χ4v) is 2.53.